The predicted molar refractivity (Wildman–Crippen MR) is 66.5 cm³/mol. The molecule has 1 N–H and O–H groups in total. The van der Waals surface area contributed by atoms with Crippen LogP contribution >= 0.6 is 0 Å². The molecule has 0 aliphatic rings. The molecule has 0 aliphatic heterocycles. The van der Waals surface area contributed by atoms with Gasteiger partial charge in [-0.05, 0) is 19.8 Å². The second kappa shape index (κ2) is 8.98. The maximum Gasteiger partial charge on any atom is 0.312 e. The van der Waals surface area contributed by atoms with Gasteiger partial charge in [0.05, 0.1) is 6.61 Å². The van der Waals surface area contributed by atoms with E-state index >= 15 is 0 Å². The lowest BCUT2D eigenvalue weighted by atomic mass is 10.3. The number of hydrogen-bond donors (Lipinski definition) is 1. The van der Waals surface area contributed by atoms with Gasteiger partial charge in [-0.15, -0.1) is 0 Å². The summed E-state index contributed by atoms with van der Waals surface area (Å²) in [5, 5.41) is 8.82. The zero-order chi connectivity index (χ0) is 13.3. The number of aliphatic hydroxyl groups is 1. The van der Waals surface area contributed by atoms with Crippen LogP contribution < -0.4 is 0 Å². The molecule has 5 heteroatoms. The van der Waals surface area contributed by atoms with Crippen molar-refractivity contribution in [2.75, 3.05) is 32.8 Å². The lowest BCUT2D eigenvalue weighted by Crippen LogP contribution is -2.46. The monoisotopic (exact) mass is 244 g/mol. The van der Waals surface area contributed by atoms with Gasteiger partial charge in [-0.25, -0.2) is 0 Å². The molecule has 0 spiro atoms. The maximum atomic E-state index is 12.0. The molecule has 100 valence electrons. The minimum atomic E-state index is -0.511. The van der Waals surface area contributed by atoms with Crippen LogP contribution in [-0.2, 0) is 9.59 Å². The quantitative estimate of drug-likeness (QED) is 0.662. The summed E-state index contributed by atoms with van der Waals surface area (Å²) in [5.74, 6) is -0.965. The van der Waals surface area contributed by atoms with Gasteiger partial charge in [0.15, 0.2) is 0 Å². The van der Waals surface area contributed by atoms with Gasteiger partial charge in [0.25, 0.3) is 0 Å². The zero-order valence-electron chi connectivity index (χ0n) is 11.1. The van der Waals surface area contributed by atoms with Gasteiger partial charge in [-0.2, -0.15) is 0 Å². The fourth-order valence-electron chi connectivity index (χ4n) is 1.65. The molecule has 0 saturated carbocycles. The van der Waals surface area contributed by atoms with Crippen LogP contribution in [-0.4, -0.2) is 59.5 Å². The van der Waals surface area contributed by atoms with Gasteiger partial charge >= 0.3 is 11.8 Å². The van der Waals surface area contributed by atoms with Crippen LogP contribution in [0.2, 0.25) is 0 Å². The number of hydrogen-bond acceptors (Lipinski definition) is 3. The highest BCUT2D eigenvalue weighted by Crippen LogP contribution is 2.00. The van der Waals surface area contributed by atoms with Crippen LogP contribution in [0.5, 0.6) is 0 Å². The SMILES string of the molecule is CCCN(CCC)C(=O)C(=O)N(CC)CCO. The third kappa shape index (κ3) is 5.17. The van der Waals surface area contributed by atoms with Gasteiger partial charge in [0, 0.05) is 26.2 Å². The Balaban J connectivity index is 4.56. The number of nitrogens with zero attached hydrogens (tertiary/aromatic N) is 2. The Morgan fingerprint density at radius 3 is 1.71 bits per heavy atom. The number of carbonyl (C=O) groups is 2. The molecule has 0 heterocycles. The van der Waals surface area contributed by atoms with Crippen molar-refractivity contribution in [1.29, 1.82) is 0 Å². The van der Waals surface area contributed by atoms with Crippen molar-refractivity contribution in [1.82, 2.24) is 9.80 Å². The standard InChI is InChI=1S/C12H24N2O3/c1-4-7-14(8-5-2)12(17)11(16)13(6-3)9-10-15/h15H,4-10H2,1-3H3. The Labute approximate surface area is 103 Å². The summed E-state index contributed by atoms with van der Waals surface area (Å²) in [6.45, 7) is 7.51. The smallest absolute Gasteiger partial charge is 0.312 e. The van der Waals surface area contributed by atoms with Crippen LogP contribution in [0.3, 0.4) is 0 Å². The van der Waals surface area contributed by atoms with Crippen LogP contribution in [0.4, 0.5) is 0 Å². The second-order valence-corrected chi connectivity index (χ2v) is 3.90. The van der Waals surface area contributed by atoms with E-state index in [9.17, 15) is 9.59 Å². The van der Waals surface area contributed by atoms with E-state index in [4.69, 9.17) is 5.11 Å². The number of rotatable bonds is 7. The van der Waals surface area contributed by atoms with Crippen molar-refractivity contribution in [3.63, 3.8) is 0 Å². The zero-order valence-corrected chi connectivity index (χ0v) is 11.1. The molecular formula is C12H24N2O3. The highest BCUT2D eigenvalue weighted by molar-refractivity contribution is 6.34. The van der Waals surface area contributed by atoms with E-state index in [0.29, 0.717) is 19.6 Å². The summed E-state index contributed by atoms with van der Waals surface area (Å²) in [7, 11) is 0. The summed E-state index contributed by atoms with van der Waals surface area (Å²) >= 11 is 0. The minimum absolute atomic E-state index is 0.117. The largest absolute Gasteiger partial charge is 0.395 e. The number of carbonyl (C=O) groups excluding carboxylic acids is 2. The van der Waals surface area contributed by atoms with Gasteiger partial charge in [-0.1, -0.05) is 13.8 Å². The Hall–Kier alpha value is -1.10. The van der Waals surface area contributed by atoms with Crippen molar-refractivity contribution >= 4 is 11.8 Å². The van der Waals surface area contributed by atoms with Crippen LogP contribution in [0, 0.1) is 0 Å². The molecule has 0 radical (unpaired) electrons. The fraction of sp³-hybridized carbons (Fsp3) is 0.833. The number of aliphatic hydroxyl groups excluding tert-OH is 1. The predicted octanol–water partition coefficient (Wildman–Crippen LogP) is 0.476. The summed E-state index contributed by atoms with van der Waals surface area (Å²) in [5.41, 5.74) is 0. The van der Waals surface area contributed by atoms with Crippen molar-refractivity contribution in [3.8, 4) is 0 Å². The van der Waals surface area contributed by atoms with Gasteiger partial charge < -0.3 is 14.9 Å². The summed E-state index contributed by atoms with van der Waals surface area (Å²) in [6.07, 6.45) is 1.68. The average Bonchev–Trinajstić information content (AvgIpc) is 2.34. The average molecular weight is 244 g/mol. The molecule has 2 amide bonds. The van der Waals surface area contributed by atoms with Crippen molar-refractivity contribution < 1.29 is 14.7 Å². The summed E-state index contributed by atoms with van der Waals surface area (Å²) in [4.78, 5) is 26.8. The Morgan fingerprint density at radius 1 is 0.882 bits per heavy atom. The topological polar surface area (TPSA) is 60.9 Å². The van der Waals surface area contributed by atoms with Crippen molar-refractivity contribution in [3.05, 3.63) is 0 Å². The molecule has 0 aliphatic carbocycles. The molecule has 0 aromatic rings. The third-order valence-corrected chi connectivity index (χ3v) is 2.50. The highest BCUT2D eigenvalue weighted by atomic mass is 16.3. The minimum Gasteiger partial charge on any atom is -0.395 e. The van der Waals surface area contributed by atoms with Crippen LogP contribution in [0.15, 0.2) is 0 Å². The van der Waals surface area contributed by atoms with Gasteiger partial charge in [0.1, 0.15) is 0 Å². The molecule has 0 aromatic heterocycles. The normalized spacial score (nSPS) is 10.1. The number of amides is 2. The highest BCUT2D eigenvalue weighted by Gasteiger charge is 2.24. The summed E-state index contributed by atoms with van der Waals surface area (Å²) < 4.78 is 0. The van der Waals surface area contributed by atoms with E-state index < -0.39 is 11.8 Å². The first-order valence-electron chi connectivity index (χ1n) is 6.31. The number of likely N-dealkylation sites (N-methyl/N-ethyl adjacent to an activating group) is 1. The molecule has 5 nitrogen and oxygen atoms in total. The molecule has 17 heavy (non-hydrogen) atoms. The van der Waals surface area contributed by atoms with Gasteiger partial charge in [-0.3, -0.25) is 9.59 Å². The molecule has 0 aromatic carbocycles. The molecule has 0 unspecified atom stereocenters. The Kier molecular flexibility index (Phi) is 8.40. The Morgan fingerprint density at radius 2 is 1.35 bits per heavy atom. The van der Waals surface area contributed by atoms with Crippen molar-refractivity contribution in [2.24, 2.45) is 0 Å². The van der Waals surface area contributed by atoms with E-state index in [2.05, 4.69) is 0 Å². The lowest BCUT2D eigenvalue weighted by molar-refractivity contribution is -0.152. The first-order chi connectivity index (χ1) is 8.12. The van der Waals surface area contributed by atoms with Gasteiger partial charge in [0.2, 0.25) is 0 Å². The van der Waals surface area contributed by atoms with Crippen LogP contribution in [0.1, 0.15) is 33.6 Å². The van der Waals surface area contributed by atoms with E-state index in [1.807, 2.05) is 13.8 Å². The van der Waals surface area contributed by atoms with E-state index in [1.165, 1.54) is 4.90 Å². The van der Waals surface area contributed by atoms with E-state index in [1.54, 1.807) is 11.8 Å². The summed E-state index contributed by atoms with van der Waals surface area (Å²) in [6, 6.07) is 0. The maximum absolute atomic E-state index is 12.0. The molecular weight excluding hydrogens is 220 g/mol. The second-order valence-electron chi connectivity index (χ2n) is 3.90. The van der Waals surface area contributed by atoms with Crippen LogP contribution in [0.25, 0.3) is 0 Å². The molecule has 0 rings (SSSR count). The van der Waals surface area contributed by atoms with E-state index in [0.717, 1.165) is 12.8 Å². The molecule has 0 bridgehead atoms. The first-order valence-corrected chi connectivity index (χ1v) is 6.31. The van der Waals surface area contributed by atoms with E-state index in [-0.39, 0.29) is 13.2 Å². The Bertz CT molecular complexity index is 238. The fourth-order valence-corrected chi connectivity index (χ4v) is 1.65. The van der Waals surface area contributed by atoms with Crippen molar-refractivity contribution in [2.45, 2.75) is 33.6 Å². The lowest BCUT2D eigenvalue weighted by Gasteiger charge is -2.25. The first kappa shape index (κ1) is 15.9. The molecule has 0 fully saturated rings. The molecule has 0 atom stereocenters. The third-order valence-electron chi connectivity index (χ3n) is 2.50. The molecule has 0 saturated heterocycles.